The summed E-state index contributed by atoms with van der Waals surface area (Å²) in [6, 6.07) is 6.70. The van der Waals surface area contributed by atoms with Crippen molar-refractivity contribution in [3.05, 3.63) is 46.0 Å². The van der Waals surface area contributed by atoms with Gasteiger partial charge in [0.15, 0.2) is 0 Å². The first-order chi connectivity index (χ1) is 7.75. The number of hydrogen-bond donors (Lipinski definition) is 0. The Morgan fingerprint density at radius 2 is 2.19 bits per heavy atom. The van der Waals surface area contributed by atoms with Gasteiger partial charge in [-0.15, -0.1) is 11.8 Å². The average Bonchev–Trinajstić information content (AvgIpc) is 2.29. The molecule has 16 heavy (non-hydrogen) atoms. The molecule has 0 fully saturated rings. The summed E-state index contributed by atoms with van der Waals surface area (Å²) in [5.41, 5.74) is 0.775. The fourth-order valence-corrected chi connectivity index (χ4v) is 1.29. The SMILES string of the molecule is CC#CCC/C=C/c1ccccc1[N+](=O)[O-]. The molecule has 1 aromatic rings. The van der Waals surface area contributed by atoms with Crippen molar-refractivity contribution >= 4 is 11.8 Å². The van der Waals surface area contributed by atoms with Gasteiger partial charge in [-0.1, -0.05) is 24.3 Å². The predicted molar refractivity (Wildman–Crippen MR) is 64.8 cm³/mol. The molecule has 0 atom stereocenters. The molecular formula is C13H13NO2. The van der Waals surface area contributed by atoms with Crippen molar-refractivity contribution < 1.29 is 4.92 Å². The van der Waals surface area contributed by atoms with Crippen molar-refractivity contribution in [3.63, 3.8) is 0 Å². The Balaban J connectivity index is 2.71. The summed E-state index contributed by atoms with van der Waals surface area (Å²) in [5.74, 6) is 5.74. The third-order valence-electron chi connectivity index (χ3n) is 2.04. The van der Waals surface area contributed by atoms with Crippen LogP contribution in [0.3, 0.4) is 0 Å². The van der Waals surface area contributed by atoms with Crippen LogP contribution in [0.4, 0.5) is 5.69 Å². The number of para-hydroxylation sites is 1. The van der Waals surface area contributed by atoms with Crippen molar-refractivity contribution in [3.8, 4) is 11.8 Å². The Morgan fingerprint density at radius 1 is 1.44 bits per heavy atom. The molecule has 0 saturated heterocycles. The lowest BCUT2D eigenvalue weighted by Gasteiger charge is -1.95. The Labute approximate surface area is 94.9 Å². The molecule has 1 aromatic carbocycles. The maximum absolute atomic E-state index is 10.7. The topological polar surface area (TPSA) is 43.1 Å². The summed E-state index contributed by atoms with van der Waals surface area (Å²) < 4.78 is 0. The Kier molecular flexibility index (Phi) is 4.81. The van der Waals surface area contributed by atoms with Gasteiger partial charge in [-0.2, -0.15) is 0 Å². The number of benzene rings is 1. The highest BCUT2D eigenvalue weighted by Gasteiger charge is 2.08. The molecule has 82 valence electrons. The highest BCUT2D eigenvalue weighted by molar-refractivity contribution is 5.60. The van der Waals surface area contributed by atoms with E-state index in [1.807, 2.05) is 6.08 Å². The smallest absolute Gasteiger partial charge is 0.258 e. The molecule has 0 unspecified atom stereocenters. The summed E-state index contributed by atoms with van der Waals surface area (Å²) >= 11 is 0. The lowest BCUT2D eigenvalue weighted by Crippen LogP contribution is -1.90. The fourth-order valence-electron chi connectivity index (χ4n) is 1.29. The van der Waals surface area contributed by atoms with E-state index in [0.29, 0.717) is 5.56 Å². The quantitative estimate of drug-likeness (QED) is 0.334. The van der Waals surface area contributed by atoms with Crippen molar-refractivity contribution in [2.75, 3.05) is 0 Å². The third-order valence-corrected chi connectivity index (χ3v) is 2.04. The molecule has 0 saturated carbocycles. The number of unbranched alkanes of at least 4 members (excludes halogenated alkanes) is 1. The zero-order valence-electron chi connectivity index (χ0n) is 9.14. The number of nitro benzene ring substituents is 1. The molecule has 0 heterocycles. The van der Waals surface area contributed by atoms with Gasteiger partial charge < -0.3 is 0 Å². The third kappa shape index (κ3) is 3.58. The molecule has 0 aromatic heterocycles. The molecule has 0 aliphatic rings. The predicted octanol–water partition coefficient (Wildman–Crippen LogP) is 3.41. The fraction of sp³-hybridized carbons (Fsp3) is 0.231. The van der Waals surface area contributed by atoms with Gasteiger partial charge in [0.1, 0.15) is 0 Å². The van der Waals surface area contributed by atoms with Crippen LogP contribution in [0, 0.1) is 22.0 Å². The Morgan fingerprint density at radius 3 is 2.88 bits per heavy atom. The molecule has 1 rings (SSSR count). The molecule has 0 radical (unpaired) electrons. The monoisotopic (exact) mass is 215 g/mol. The minimum atomic E-state index is -0.370. The first kappa shape index (κ1) is 12.0. The van der Waals surface area contributed by atoms with Gasteiger partial charge in [0.25, 0.3) is 5.69 Å². The van der Waals surface area contributed by atoms with E-state index in [0.717, 1.165) is 12.8 Å². The van der Waals surface area contributed by atoms with Crippen LogP contribution in [0.15, 0.2) is 30.3 Å². The summed E-state index contributed by atoms with van der Waals surface area (Å²) in [6.45, 7) is 1.80. The zero-order valence-corrected chi connectivity index (χ0v) is 9.14. The van der Waals surface area contributed by atoms with E-state index in [-0.39, 0.29) is 10.6 Å². The first-order valence-corrected chi connectivity index (χ1v) is 5.05. The van der Waals surface area contributed by atoms with E-state index in [2.05, 4.69) is 11.8 Å². The Bertz CT molecular complexity index is 452. The molecular weight excluding hydrogens is 202 g/mol. The average molecular weight is 215 g/mol. The van der Waals surface area contributed by atoms with Crippen LogP contribution in [0.1, 0.15) is 25.3 Å². The zero-order chi connectivity index (χ0) is 11.8. The minimum absolute atomic E-state index is 0.139. The van der Waals surface area contributed by atoms with Crippen molar-refractivity contribution in [1.82, 2.24) is 0 Å². The van der Waals surface area contributed by atoms with Crippen LogP contribution < -0.4 is 0 Å². The van der Waals surface area contributed by atoms with Crippen molar-refractivity contribution in [2.24, 2.45) is 0 Å². The van der Waals surface area contributed by atoms with Gasteiger partial charge in [0, 0.05) is 12.5 Å². The van der Waals surface area contributed by atoms with E-state index in [1.54, 1.807) is 31.2 Å². The van der Waals surface area contributed by atoms with E-state index in [9.17, 15) is 10.1 Å². The molecule has 0 amide bonds. The van der Waals surface area contributed by atoms with Gasteiger partial charge in [-0.3, -0.25) is 10.1 Å². The molecule has 0 aliphatic heterocycles. The molecule has 3 nitrogen and oxygen atoms in total. The van der Waals surface area contributed by atoms with Gasteiger partial charge >= 0.3 is 0 Å². The molecule has 3 heteroatoms. The second kappa shape index (κ2) is 6.41. The lowest BCUT2D eigenvalue weighted by molar-refractivity contribution is -0.385. The maximum Gasteiger partial charge on any atom is 0.276 e. The summed E-state index contributed by atoms with van der Waals surface area (Å²) in [5, 5.41) is 10.7. The van der Waals surface area contributed by atoms with E-state index in [1.165, 1.54) is 6.07 Å². The van der Waals surface area contributed by atoms with E-state index >= 15 is 0 Å². The van der Waals surface area contributed by atoms with Gasteiger partial charge in [0.05, 0.1) is 10.5 Å². The minimum Gasteiger partial charge on any atom is -0.258 e. The highest BCUT2D eigenvalue weighted by Crippen LogP contribution is 2.19. The van der Waals surface area contributed by atoms with Crippen LogP contribution in [0.5, 0.6) is 0 Å². The molecule has 0 bridgehead atoms. The van der Waals surface area contributed by atoms with Gasteiger partial charge in [-0.05, 0) is 19.4 Å². The summed E-state index contributed by atoms with van der Waals surface area (Å²) in [4.78, 5) is 10.3. The van der Waals surface area contributed by atoms with Crippen LogP contribution in [0.25, 0.3) is 6.08 Å². The van der Waals surface area contributed by atoms with Crippen LogP contribution >= 0.6 is 0 Å². The summed E-state index contributed by atoms with van der Waals surface area (Å²) in [7, 11) is 0. The van der Waals surface area contributed by atoms with Crippen molar-refractivity contribution in [2.45, 2.75) is 19.8 Å². The molecule has 0 spiro atoms. The van der Waals surface area contributed by atoms with Gasteiger partial charge in [0.2, 0.25) is 0 Å². The first-order valence-electron chi connectivity index (χ1n) is 5.05. The maximum atomic E-state index is 10.7. The number of nitrogens with zero attached hydrogens (tertiary/aromatic N) is 1. The van der Waals surface area contributed by atoms with Gasteiger partial charge in [-0.25, -0.2) is 0 Å². The number of nitro groups is 1. The van der Waals surface area contributed by atoms with Crippen LogP contribution in [-0.4, -0.2) is 4.92 Å². The van der Waals surface area contributed by atoms with Crippen LogP contribution in [-0.2, 0) is 0 Å². The normalized spacial score (nSPS) is 9.81. The molecule has 0 N–H and O–H groups in total. The standard InChI is InChI=1S/C13H13NO2/c1-2-3-4-5-6-9-12-10-7-8-11-13(12)14(15)16/h6-11H,4-5H2,1H3/b9-6+. The largest absolute Gasteiger partial charge is 0.276 e. The van der Waals surface area contributed by atoms with Crippen molar-refractivity contribution in [1.29, 1.82) is 0 Å². The van der Waals surface area contributed by atoms with Crippen LogP contribution in [0.2, 0.25) is 0 Å². The summed E-state index contributed by atoms with van der Waals surface area (Å²) in [6.07, 6.45) is 5.28. The van der Waals surface area contributed by atoms with E-state index < -0.39 is 0 Å². The lowest BCUT2D eigenvalue weighted by atomic mass is 10.1. The number of hydrogen-bond acceptors (Lipinski definition) is 2. The molecule has 0 aliphatic carbocycles. The second-order valence-corrected chi connectivity index (χ2v) is 3.18. The second-order valence-electron chi connectivity index (χ2n) is 3.18. The number of allylic oxidation sites excluding steroid dienone is 1. The van der Waals surface area contributed by atoms with E-state index in [4.69, 9.17) is 0 Å². The number of rotatable bonds is 4. The Hall–Kier alpha value is -2.08. The highest BCUT2D eigenvalue weighted by atomic mass is 16.6.